The van der Waals surface area contributed by atoms with Gasteiger partial charge in [0.05, 0.1) is 5.92 Å². The fraction of sp³-hybridized carbons (Fsp3) is 0.750. The number of nitrogens with one attached hydrogen (secondary N) is 1. The summed E-state index contributed by atoms with van der Waals surface area (Å²) in [5.74, 6) is -0.412. The lowest BCUT2D eigenvalue weighted by Gasteiger charge is -2.38. The molecular weight excluding hydrogens is 248 g/mol. The van der Waals surface area contributed by atoms with Gasteiger partial charge in [-0.2, -0.15) is 0 Å². The van der Waals surface area contributed by atoms with Gasteiger partial charge in [-0.1, -0.05) is 0 Å². The SMILES string of the molecule is CC1C(=O)NCCN1C(=O)C1CCCN(C(N)=O)C1. The zero-order valence-electron chi connectivity index (χ0n) is 11.1. The van der Waals surface area contributed by atoms with Crippen molar-refractivity contribution in [3.05, 3.63) is 0 Å². The van der Waals surface area contributed by atoms with Gasteiger partial charge in [-0.05, 0) is 19.8 Å². The number of carbonyl (C=O) groups excluding carboxylic acids is 3. The monoisotopic (exact) mass is 268 g/mol. The van der Waals surface area contributed by atoms with E-state index in [1.807, 2.05) is 0 Å². The molecule has 0 bridgehead atoms. The maximum absolute atomic E-state index is 12.4. The first-order chi connectivity index (χ1) is 9.00. The molecule has 19 heavy (non-hydrogen) atoms. The molecule has 2 atom stereocenters. The number of piperazine rings is 1. The van der Waals surface area contributed by atoms with Crippen LogP contribution in [-0.4, -0.2) is 59.9 Å². The molecular formula is C12H20N4O3. The first-order valence-corrected chi connectivity index (χ1v) is 6.63. The number of carbonyl (C=O) groups is 3. The number of hydrogen-bond acceptors (Lipinski definition) is 3. The topological polar surface area (TPSA) is 95.7 Å². The second-order valence-corrected chi connectivity index (χ2v) is 5.12. The van der Waals surface area contributed by atoms with Crippen LogP contribution in [0.4, 0.5) is 4.79 Å². The minimum absolute atomic E-state index is 0.0479. The molecule has 0 aliphatic carbocycles. The van der Waals surface area contributed by atoms with Gasteiger partial charge in [0, 0.05) is 26.2 Å². The van der Waals surface area contributed by atoms with Crippen LogP contribution in [0.3, 0.4) is 0 Å². The average Bonchev–Trinajstić information content (AvgIpc) is 2.41. The summed E-state index contributed by atoms with van der Waals surface area (Å²) in [4.78, 5) is 38.3. The minimum Gasteiger partial charge on any atom is -0.353 e. The van der Waals surface area contributed by atoms with Crippen molar-refractivity contribution in [2.24, 2.45) is 11.7 Å². The van der Waals surface area contributed by atoms with Gasteiger partial charge in [-0.25, -0.2) is 4.79 Å². The summed E-state index contributed by atoms with van der Waals surface area (Å²) in [5.41, 5.74) is 5.26. The molecule has 0 aromatic heterocycles. The molecule has 7 nitrogen and oxygen atoms in total. The number of hydrogen-bond donors (Lipinski definition) is 2. The Morgan fingerprint density at radius 3 is 2.79 bits per heavy atom. The zero-order valence-corrected chi connectivity index (χ0v) is 11.1. The number of nitrogens with zero attached hydrogens (tertiary/aromatic N) is 2. The van der Waals surface area contributed by atoms with Crippen LogP contribution < -0.4 is 11.1 Å². The van der Waals surface area contributed by atoms with Gasteiger partial charge >= 0.3 is 6.03 Å². The van der Waals surface area contributed by atoms with Crippen LogP contribution in [0.15, 0.2) is 0 Å². The molecule has 0 aromatic rings. The van der Waals surface area contributed by atoms with E-state index in [4.69, 9.17) is 5.73 Å². The van der Waals surface area contributed by atoms with Crippen molar-refractivity contribution in [1.82, 2.24) is 15.1 Å². The second-order valence-electron chi connectivity index (χ2n) is 5.12. The molecule has 106 valence electrons. The first-order valence-electron chi connectivity index (χ1n) is 6.63. The molecule has 2 saturated heterocycles. The number of primary amides is 1. The highest BCUT2D eigenvalue weighted by atomic mass is 16.2. The maximum Gasteiger partial charge on any atom is 0.314 e. The Kier molecular flexibility index (Phi) is 3.92. The van der Waals surface area contributed by atoms with E-state index in [1.54, 1.807) is 11.8 Å². The highest BCUT2D eigenvalue weighted by Gasteiger charge is 2.35. The van der Waals surface area contributed by atoms with Crippen molar-refractivity contribution < 1.29 is 14.4 Å². The average molecular weight is 268 g/mol. The molecule has 7 heteroatoms. The minimum atomic E-state index is -0.484. The highest BCUT2D eigenvalue weighted by Crippen LogP contribution is 2.20. The van der Waals surface area contributed by atoms with Crippen LogP contribution in [-0.2, 0) is 9.59 Å². The van der Waals surface area contributed by atoms with Gasteiger partial charge in [-0.3, -0.25) is 9.59 Å². The van der Waals surface area contributed by atoms with Crippen molar-refractivity contribution in [1.29, 1.82) is 0 Å². The van der Waals surface area contributed by atoms with Crippen LogP contribution in [0.2, 0.25) is 0 Å². The van der Waals surface area contributed by atoms with Crippen LogP contribution in [0.5, 0.6) is 0 Å². The Bertz CT molecular complexity index is 398. The number of piperidine rings is 1. The fourth-order valence-corrected chi connectivity index (χ4v) is 2.70. The van der Waals surface area contributed by atoms with E-state index >= 15 is 0 Å². The number of rotatable bonds is 1. The van der Waals surface area contributed by atoms with E-state index in [2.05, 4.69) is 5.32 Å². The Balaban J connectivity index is 2.02. The lowest BCUT2D eigenvalue weighted by molar-refractivity contribution is -0.146. The van der Waals surface area contributed by atoms with Crippen molar-refractivity contribution in [2.45, 2.75) is 25.8 Å². The van der Waals surface area contributed by atoms with Crippen molar-refractivity contribution in [2.75, 3.05) is 26.2 Å². The molecule has 0 aromatic carbocycles. The summed E-state index contributed by atoms with van der Waals surface area (Å²) in [6.45, 7) is 3.70. The summed E-state index contributed by atoms with van der Waals surface area (Å²) < 4.78 is 0. The van der Waals surface area contributed by atoms with Gasteiger partial charge in [0.15, 0.2) is 0 Å². The smallest absolute Gasteiger partial charge is 0.314 e. The Labute approximate surface area is 112 Å². The quantitative estimate of drug-likeness (QED) is 0.646. The van der Waals surface area contributed by atoms with Crippen molar-refractivity contribution in [3.8, 4) is 0 Å². The summed E-state index contributed by atoms with van der Waals surface area (Å²) >= 11 is 0. The number of amides is 4. The molecule has 4 amide bonds. The Hall–Kier alpha value is -1.79. The summed E-state index contributed by atoms with van der Waals surface area (Å²) in [6.07, 6.45) is 1.52. The molecule has 2 aliphatic heterocycles. The van der Waals surface area contributed by atoms with E-state index in [0.717, 1.165) is 12.8 Å². The van der Waals surface area contributed by atoms with E-state index in [-0.39, 0.29) is 17.7 Å². The van der Waals surface area contributed by atoms with Gasteiger partial charge in [-0.15, -0.1) is 0 Å². The lowest BCUT2D eigenvalue weighted by Crippen LogP contribution is -2.58. The molecule has 0 saturated carbocycles. The van der Waals surface area contributed by atoms with Gasteiger partial charge in [0.1, 0.15) is 6.04 Å². The van der Waals surface area contributed by atoms with E-state index in [1.165, 1.54) is 4.90 Å². The van der Waals surface area contributed by atoms with Crippen LogP contribution in [0, 0.1) is 5.92 Å². The third-order valence-corrected chi connectivity index (χ3v) is 3.86. The molecule has 0 spiro atoms. The molecule has 2 rings (SSSR count). The molecule has 0 radical (unpaired) electrons. The van der Waals surface area contributed by atoms with Crippen LogP contribution >= 0.6 is 0 Å². The van der Waals surface area contributed by atoms with Gasteiger partial charge < -0.3 is 20.9 Å². The summed E-state index contributed by atoms with van der Waals surface area (Å²) in [6, 6.07) is -0.924. The van der Waals surface area contributed by atoms with Crippen molar-refractivity contribution in [3.63, 3.8) is 0 Å². The molecule has 2 aliphatic rings. The zero-order chi connectivity index (χ0) is 14.0. The van der Waals surface area contributed by atoms with E-state index < -0.39 is 12.1 Å². The maximum atomic E-state index is 12.4. The van der Waals surface area contributed by atoms with Gasteiger partial charge in [0.25, 0.3) is 0 Å². The van der Waals surface area contributed by atoms with Gasteiger partial charge in [0.2, 0.25) is 11.8 Å². The number of urea groups is 1. The molecule has 3 N–H and O–H groups in total. The third kappa shape index (κ3) is 2.80. The second kappa shape index (κ2) is 5.46. The van der Waals surface area contributed by atoms with Crippen molar-refractivity contribution >= 4 is 17.8 Å². The largest absolute Gasteiger partial charge is 0.353 e. The normalized spacial score (nSPS) is 27.9. The van der Waals surface area contributed by atoms with Crippen LogP contribution in [0.25, 0.3) is 0 Å². The number of likely N-dealkylation sites (tertiary alicyclic amines) is 1. The number of nitrogens with two attached hydrogens (primary N) is 1. The Morgan fingerprint density at radius 2 is 2.11 bits per heavy atom. The van der Waals surface area contributed by atoms with Crippen LogP contribution in [0.1, 0.15) is 19.8 Å². The standard InChI is InChI=1S/C12H20N4O3/c1-8-10(17)14-4-6-16(8)11(18)9-3-2-5-15(7-9)12(13)19/h8-9H,2-7H2,1H3,(H2,13,19)(H,14,17). The predicted octanol–water partition coefficient (Wildman–Crippen LogP) is -0.876. The predicted molar refractivity (Wildman–Crippen MR) is 68.1 cm³/mol. The fourth-order valence-electron chi connectivity index (χ4n) is 2.70. The Morgan fingerprint density at radius 1 is 1.37 bits per heavy atom. The van der Waals surface area contributed by atoms with E-state index in [9.17, 15) is 14.4 Å². The highest BCUT2D eigenvalue weighted by molar-refractivity contribution is 5.89. The van der Waals surface area contributed by atoms with E-state index in [0.29, 0.717) is 26.2 Å². The molecule has 2 fully saturated rings. The first kappa shape index (κ1) is 13.6. The molecule has 2 unspecified atom stereocenters. The summed E-state index contributed by atoms with van der Waals surface area (Å²) in [5, 5.41) is 2.73. The summed E-state index contributed by atoms with van der Waals surface area (Å²) in [7, 11) is 0. The molecule has 2 heterocycles. The lowest BCUT2D eigenvalue weighted by atomic mass is 9.95. The third-order valence-electron chi connectivity index (χ3n) is 3.86.